The smallest absolute Gasteiger partial charge is 0.338 e. The zero-order valence-electron chi connectivity index (χ0n) is 11.2. The minimum Gasteiger partial charge on any atom is -0.494 e. The summed E-state index contributed by atoms with van der Waals surface area (Å²) in [4.78, 5) is 10.4. The van der Waals surface area contributed by atoms with E-state index < -0.39 is 4.92 Å². The van der Waals surface area contributed by atoms with Crippen LogP contribution in [-0.4, -0.2) is 16.7 Å². The van der Waals surface area contributed by atoms with Crippen molar-refractivity contribution in [1.29, 1.82) is 0 Å². The van der Waals surface area contributed by atoms with E-state index >= 15 is 0 Å². The molecule has 0 saturated heterocycles. The lowest BCUT2D eigenvalue weighted by Crippen LogP contribution is -1.90. The lowest BCUT2D eigenvalue weighted by Gasteiger charge is -2.01. The number of nitro groups is 1. The van der Waals surface area contributed by atoms with E-state index in [2.05, 4.69) is 5.16 Å². The molecular formula is C14H14N2O4. The zero-order valence-corrected chi connectivity index (χ0v) is 11.2. The third kappa shape index (κ3) is 3.03. The Bertz CT molecular complexity index is 629. The van der Waals surface area contributed by atoms with Crippen LogP contribution in [-0.2, 0) is 0 Å². The summed E-state index contributed by atoms with van der Waals surface area (Å²) in [7, 11) is 0. The first-order valence-corrected chi connectivity index (χ1v) is 6.13. The van der Waals surface area contributed by atoms with Crippen molar-refractivity contribution in [2.24, 2.45) is 0 Å². The molecule has 0 unspecified atom stereocenters. The highest BCUT2D eigenvalue weighted by molar-refractivity contribution is 5.71. The van der Waals surface area contributed by atoms with Crippen LogP contribution in [0.3, 0.4) is 0 Å². The molecule has 1 heterocycles. The van der Waals surface area contributed by atoms with E-state index in [9.17, 15) is 10.1 Å². The Morgan fingerprint density at radius 2 is 2.05 bits per heavy atom. The van der Waals surface area contributed by atoms with E-state index in [4.69, 9.17) is 9.26 Å². The molecule has 0 fully saturated rings. The quantitative estimate of drug-likeness (QED) is 0.616. The maximum absolute atomic E-state index is 10.9. The molecule has 0 atom stereocenters. The van der Waals surface area contributed by atoms with Gasteiger partial charge in [-0.3, -0.25) is 10.1 Å². The van der Waals surface area contributed by atoms with E-state index in [-0.39, 0.29) is 17.1 Å². The first kappa shape index (κ1) is 13.8. The SMILES string of the molecule is CCOc1ccc(/C=C\c2onc(C)c2[N+](=O)[O-])cc1. The third-order valence-electron chi connectivity index (χ3n) is 2.66. The lowest BCUT2D eigenvalue weighted by molar-refractivity contribution is -0.386. The molecule has 1 aromatic heterocycles. The minimum atomic E-state index is -0.496. The molecular weight excluding hydrogens is 260 g/mol. The minimum absolute atomic E-state index is 0.104. The van der Waals surface area contributed by atoms with Crippen LogP contribution in [0.1, 0.15) is 23.9 Å². The summed E-state index contributed by atoms with van der Waals surface area (Å²) in [5.74, 6) is 0.924. The van der Waals surface area contributed by atoms with Gasteiger partial charge in [-0.15, -0.1) is 0 Å². The summed E-state index contributed by atoms with van der Waals surface area (Å²) in [5, 5.41) is 14.5. The van der Waals surface area contributed by atoms with Crippen molar-refractivity contribution in [1.82, 2.24) is 5.16 Å². The summed E-state index contributed by atoms with van der Waals surface area (Å²) >= 11 is 0. The second-order valence-electron chi connectivity index (χ2n) is 4.07. The first-order chi connectivity index (χ1) is 9.61. The monoisotopic (exact) mass is 274 g/mol. The van der Waals surface area contributed by atoms with Crippen LogP contribution >= 0.6 is 0 Å². The maximum Gasteiger partial charge on any atom is 0.338 e. The van der Waals surface area contributed by atoms with Crippen molar-refractivity contribution in [3.05, 3.63) is 51.4 Å². The Balaban J connectivity index is 2.19. The Labute approximate surface area is 115 Å². The molecule has 0 radical (unpaired) electrons. The Morgan fingerprint density at radius 1 is 1.35 bits per heavy atom. The van der Waals surface area contributed by atoms with Crippen molar-refractivity contribution in [3.8, 4) is 5.75 Å². The normalized spacial score (nSPS) is 10.9. The highest BCUT2D eigenvalue weighted by atomic mass is 16.6. The summed E-state index contributed by atoms with van der Waals surface area (Å²) < 4.78 is 10.3. The predicted molar refractivity (Wildman–Crippen MR) is 74.4 cm³/mol. The fourth-order valence-electron chi connectivity index (χ4n) is 1.73. The first-order valence-electron chi connectivity index (χ1n) is 6.13. The van der Waals surface area contributed by atoms with Gasteiger partial charge < -0.3 is 9.26 Å². The van der Waals surface area contributed by atoms with Crippen molar-refractivity contribution in [2.75, 3.05) is 6.61 Å². The molecule has 6 heteroatoms. The molecule has 20 heavy (non-hydrogen) atoms. The highest BCUT2D eigenvalue weighted by Crippen LogP contribution is 2.24. The van der Waals surface area contributed by atoms with Gasteiger partial charge in [-0.25, -0.2) is 0 Å². The number of aryl methyl sites for hydroxylation is 1. The van der Waals surface area contributed by atoms with Crippen LogP contribution in [0, 0.1) is 17.0 Å². The molecule has 0 bridgehead atoms. The number of aromatic nitrogens is 1. The zero-order chi connectivity index (χ0) is 14.5. The van der Waals surface area contributed by atoms with Gasteiger partial charge in [0.1, 0.15) is 5.75 Å². The standard InChI is InChI=1S/C14H14N2O4/c1-3-19-12-7-4-11(5-8-12)6-9-13-14(16(17)18)10(2)15-20-13/h4-9H,3H2,1-2H3/b9-6-. The second-order valence-corrected chi connectivity index (χ2v) is 4.07. The van der Waals surface area contributed by atoms with Crippen LogP contribution in [0.2, 0.25) is 0 Å². The molecule has 0 aliphatic carbocycles. The van der Waals surface area contributed by atoms with Crippen molar-refractivity contribution in [2.45, 2.75) is 13.8 Å². The molecule has 0 amide bonds. The molecule has 2 rings (SSSR count). The lowest BCUT2D eigenvalue weighted by atomic mass is 10.2. The Morgan fingerprint density at radius 3 is 2.65 bits per heavy atom. The van der Waals surface area contributed by atoms with Gasteiger partial charge in [0.15, 0.2) is 5.69 Å². The fraction of sp³-hybridized carbons (Fsp3) is 0.214. The van der Waals surface area contributed by atoms with Crippen LogP contribution in [0.25, 0.3) is 12.2 Å². The number of ether oxygens (including phenoxy) is 1. The van der Waals surface area contributed by atoms with Crippen molar-refractivity contribution < 1.29 is 14.2 Å². The number of rotatable bonds is 5. The molecule has 0 saturated carbocycles. The number of nitrogens with zero attached hydrogens (tertiary/aromatic N) is 2. The van der Waals surface area contributed by atoms with Crippen molar-refractivity contribution in [3.63, 3.8) is 0 Å². The van der Waals surface area contributed by atoms with E-state index in [0.717, 1.165) is 11.3 Å². The summed E-state index contributed by atoms with van der Waals surface area (Å²) in [6.45, 7) is 4.06. The largest absolute Gasteiger partial charge is 0.494 e. The predicted octanol–water partition coefficient (Wildman–Crippen LogP) is 3.46. The average molecular weight is 274 g/mol. The fourth-order valence-corrected chi connectivity index (χ4v) is 1.73. The third-order valence-corrected chi connectivity index (χ3v) is 2.66. The highest BCUT2D eigenvalue weighted by Gasteiger charge is 2.21. The Hall–Kier alpha value is -2.63. The number of hydrogen-bond donors (Lipinski definition) is 0. The van der Waals surface area contributed by atoms with Gasteiger partial charge in [0.05, 0.1) is 11.5 Å². The molecule has 0 aliphatic heterocycles. The van der Waals surface area contributed by atoms with Crippen LogP contribution < -0.4 is 4.74 Å². The van der Waals surface area contributed by atoms with Crippen LogP contribution in [0.5, 0.6) is 5.75 Å². The van der Waals surface area contributed by atoms with Gasteiger partial charge in [0.25, 0.3) is 0 Å². The number of benzene rings is 1. The van der Waals surface area contributed by atoms with E-state index in [1.807, 2.05) is 31.2 Å². The summed E-state index contributed by atoms with van der Waals surface area (Å²) in [5.41, 5.74) is 1.05. The van der Waals surface area contributed by atoms with E-state index in [1.54, 1.807) is 6.08 Å². The molecule has 1 aromatic carbocycles. The molecule has 0 aliphatic rings. The topological polar surface area (TPSA) is 78.4 Å². The molecule has 104 valence electrons. The van der Waals surface area contributed by atoms with Gasteiger partial charge in [0, 0.05) is 0 Å². The van der Waals surface area contributed by atoms with Gasteiger partial charge in [-0.1, -0.05) is 23.4 Å². The van der Waals surface area contributed by atoms with E-state index in [0.29, 0.717) is 6.61 Å². The van der Waals surface area contributed by atoms with Crippen LogP contribution in [0.4, 0.5) is 5.69 Å². The molecule has 0 N–H and O–H groups in total. The van der Waals surface area contributed by atoms with Gasteiger partial charge in [0.2, 0.25) is 5.76 Å². The summed E-state index contributed by atoms with van der Waals surface area (Å²) in [6, 6.07) is 7.39. The second kappa shape index (κ2) is 6.01. The molecule has 2 aromatic rings. The summed E-state index contributed by atoms with van der Waals surface area (Å²) in [6.07, 6.45) is 3.26. The maximum atomic E-state index is 10.9. The molecule has 0 spiro atoms. The van der Waals surface area contributed by atoms with Gasteiger partial charge in [-0.2, -0.15) is 0 Å². The Kier molecular flexibility index (Phi) is 4.14. The number of hydrogen-bond acceptors (Lipinski definition) is 5. The van der Waals surface area contributed by atoms with Crippen LogP contribution in [0.15, 0.2) is 28.8 Å². The van der Waals surface area contributed by atoms with E-state index in [1.165, 1.54) is 13.0 Å². The van der Waals surface area contributed by atoms with Crippen molar-refractivity contribution >= 4 is 17.8 Å². The van der Waals surface area contributed by atoms with Gasteiger partial charge >= 0.3 is 5.69 Å². The van der Waals surface area contributed by atoms with Gasteiger partial charge in [-0.05, 0) is 37.6 Å². The molecule has 6 nitrogen and oxygen atoms in total. The average Bonchev–Trinajstić information content (AvgIpc) is 2.79.